The van der Waals surface area contributed by atoms with Gasteiger partial charge in [0.15, 0.2) is 17.0 Å². The number of aromatic nitrogens is 6. The van der Waals surface area contributed by atoms with Crippen LogP contribution >= 0.6 is 0 Å². The van der Waals surface area contributed by atoms with Crippen LogP contribution in [0.3, 0.4) is 0 Å². The van der Waals surface area contributed by atoms with Gasteiger partial charge in [0.1, 0.15) is 18.6 Å². The summed E-state index contributed by atoms with van der Waals surface area (Å²) in [6.45, 7) is -1.16. The highest BCUT2D eigenvalue weighted by molar-refractivity contribution is 5.68. The van der Waals surface area contributed by atoms with Crippen molar-refractivity contribution in [1.82, 2.24) is 29.2 Å². The first-order valence-electron chi connectivity index (χ1n) is 10.5. The van der Waals surface area contributed by atoms with Gasteiger partial charge in [-0.25, -0.2) is 9.97 Å². The number of nitrogens with zero attached hydrogens (tertiary/aromatic N) is 7. The highest BCUT2D eigenvalue weighted by Crippen LogP contribution is 2.58. The van der Waals surface area contributed by atoms with Crippen LogP contribution in [0.25, 0.3) is 11.2 Å². The predicted molar refractivity (Wildman–Crippen MR) is 111 cm³/mol. The average molecular weight is 455 g/mol. The molecule has 1 saturated carbocycles. The second-order valence-corrected chi connectivity index (χ2v) is 8.39. The lowest BCUT2D eigenvalue weighted by Crippen LogP contribution is -2.24. The molecule has 1 aliphatic carbocycles. The van der Waals surface area contributed by atoms with Crippen LogP contribution in [0.2, 0.25) is 0 Å². The van der Waals surface area contributed by atoms with Gasteiger partial charge in [-0.2, -0.15) is 13.8 Å². The van der Waals surface area contributed by atoms with Crippen LogP contribution in [-0.4, -0.2) is 48.9 Å². The molecule has 0 bridgehead atoms. The number of hydrogen-bond acceptors (Lipinski definition) is 8. The quantitative estimate of drug-likeness (QED) is 0.435. The Labute approximate surface area is 185 Å². The first-order valence-corrected chi connectivity index (χ1v) is 10.5. The van der Waals surface area contributed by atoms with Crippen molar-refractivity contribution >= 4 is 16.9 Å². The third-order valence-corrected chi connectivity index (χ3v) is 6.39. The number of rotatable bonds is 6. The molecule has 0 radical (unpaired) electrons. The minimum absolute atomic E-state index is 0.130. The summed E-state index contributed by atoms with van der Waals surface area (Å²) in [6.07, 6.45) is 2.97. The summed E-state index contributed by atoms with van der Waals surface area (Å²) in [6, 6.07) is 6.74. The van der Waals surface area contributed by atoms with E-state index < -0.39 is 6.61 Å². The Kier molecular flexibility index (Phi) is 4.42. The van der Waals surface area contributed by atoms with Gasteiger partial charge in [0.25, 0.3) is 5.56 Å². The normalized spacial score (nSPS) is 21.7. The van der Waals surface area contributed by atoms with Gasteiger partial charge < -0.3 is 18.7 Å². The molecular weight excluding hydrogens is 436 g/mol. The molecule has 1 aromatic carbocycles. The zero-order chi connectivity index (χ0) is 22.7. The van der Waals surface area contributed by atoms with Gasteiger partial charge in [-0.1, -0.05) is 11.2 Å². The number of imidazole rings is 1. The van der Waals surface area contributed by atoms with Crippen LogP contribution in [0, 0.1) is 11.8 Å². The van der Waals surface area contributed by atoms with Crippen LogP contribution in [0.4, 0.5) is 14.5 Å². The van der Waals surface area contributed by atoms with Crippen LogP contribution < -0.4 is 15.2 Å². The summed E-state index contributed by atoms with van der Waals surface area (Å²) in [4.78, 5) is 27.7. The summed E-state index contributed by atoms with van der Waals surface area (Å²) in [5.74, 6) is 2.05. The number of ether oxygens (including phenoxy) is 1. The van der Waals surface area contributed by atoms with Crippen molar-refractivity contribution in [2.45, 2.75) is 19.1 Å². The van der Waals surface area contributed by atoms with E-state index in [1.165, 1.54) is 17.0 Å². The fourth-order valence-corrected chi connectivity index (χ4v) is 4.77. The van der Waals surface area contributed by atoms with E-state index in [2.05, 4.69) is 29.7 Å². The highest BCUT2D eigenvalue weighted by Gasteiger charge is 2.58. The fourth-order valence-electron chi connectivity index (χ4n) is 4.77. The Morgan fingerprint density at radius 2 is 2.00 bits per heavy atom. The zero-order valence-electron chi connectivity index (χ0n) is 17.5. The monoisotopic (exact) mass is 455 g/mol. The van der Waals surface area contributed by atoms with Gasteiger partial charge in [0, 0.05) is 37.8 Å². The maximum absolute atomic E-state index is 12.7. The van der Waals surface area contributed by atoms with Crippen molar-refractivity contribution < 1.29 is 18.0 Å². The van der Waals surface area contributed by atoms with E-state index in [0.717, 1.165) is 18.8 Å². The van der Waals surface area contributed by atoms with Crippen molar-refractivity contribution in [3.05, 3.63) is 59.0 Å². The van der Waals surface area contributed by atoms with Crippen LogP contribution in [-0.2, 0) is 13.6 Å². The number of piperidine rings is 1. The molecule has 12 heteroatoms. The van der Waals surface area contributed by atoms with Crippen molar-refractivity contribution in [2.24, 2.45) is 18.9 Å². The lowest BCUT2D eigenvalue weighted by molar-refractivity contribution is -0.0498. The molecule has 0 N–H and O–H groups in total. The molecule has 33 heavy (non-hydrogen) atoms. The molecule has 10 nitrogen and oxygen atoms in total. The number of hydrogen-bond donors (Lipinski definition) is 0. The minimum atomic E-state index is -2.85. The minimum Gasteiger partial charge on any atom is -0.435 e. The lowest BCUT2D eigenvalue weighted by atomic mass is 10.2. The molecule has 0 amide bonds. The second-order valence-electron chi connectivity index (χ2n) is 8.39. The van der Waals surface area contributed by atoms with Crippen molar-refractivity contribution in [3.8, 4) is 5.75 Å². The smallest absolute Gasteiger partial charge is 0.387 e. The predicted octanol–water partition coefficient (Wildman–Crippen LogP) is 2.01. The fraction of sp³-hybridized carbons (Fsp3) is 0.381. The van der Waals surface area contributed by atoms with Crippen molar-refractivity contribution in [3.63, 3.8) is 0 Å². The van der Waals surface area contributed by atoms with Crippen LogP contribution in [0.5, 0.6) is 5.75 Å². The zero-order valence-corrected chi connectivity index (χ0v) is 17.5. The maximum atomic E-state index is 12.7. The van der Waals surface area contributed by atoms with Gasteiger partial charge in [-0.3, -0.25) is 9.36 Å². The maximum Gasteiger partial charge on any atom is 0.387 e. The molecule has 4 aromatic rings. The number of alkyl halides is 2. The van der Waals surface area contributed by atoms with Crippen molar-refractivity contribution in [2.75, 3.05) is 18.0 Å². The summed E-state index contributed by atoms with van der Waals surface area (Å²) >= 11 is 0. The van der Waals surface area contributed by atoms with Gasteiger partial charge in [-0.05, 0) is 24.0 Å². The highest BCUT2D eigenvalue weighted by atomic mass is 19.3. The number of benzene rings is 1. The first-order chi connectivity index (χ1) is 16.0. The van der Waals surface area contributed by atoms with E-state index in [4.69, 9.17) is 4.52 Å². The molecule has 4 heterocycles. The molecule has 1 saturated heterocycles. The number of halogens is 2. The molecule has 3 aromatic heterocycles. The number of aryl methyl sites for hydroxylation is 1. The Morgan fingerprint density at radius 3 is 2.79 bits per heavy atom. The summed E-state index contributed by atoms with van der Waals surface area (Å²) in [5.41, 5.74) is 1.44. The molecule has 2 fully saturated rings. The van der Waals surface area contributed by atoms with Gasteiger partial charge >= 0.3 is 6.61 Å². The average Bonchev–Trinajstić information content (AvgIpc) is 3.20. The number of fused-ring (bicyclic) bond motifs is 2. The summed E-state index contributed by atoms with van der Waals surface area (Å²) in [5, 5.41) is 4.14. The van der Waals surface area contributed by atoms with E-state index in [1.54, 1.807) is 30.1 Å². The Morgan fingerprint density at radius 1 is 1.21 bits per heavy atom. The van der Waals surface area contributed by atoms with Crippen LogP contribution in [0.1, 0.15) is 17.6 Å². The van der Waals surface area contributed by atoms with E-state index in [1.807, 2.05) is 6.07 Å². The third-order valence-electron chi connectivity index (χ3n) is 6.39. The topological polar surface area (TPSA) is 104 Å². The number of anilines is 1. The largest absolute Gasteiger partial charge is 0.435 e. The molecule has 6 rings (SSSR count). The molecular formula is C21H19F2N7O3. The molecule has 3 atom stereocenters. The Balaban J connectivity index is 1.13. The van der Waals surface area contributed by atoms with Crippen molar-refractivity contribution in [1.29, 1.82) is 0 Å². The Bertz CT molecular complexity index is 1390. The molecule has 2 aliphatic rings. The van der Waals surface area contributed by atoms with Crippen LogP contribution in [0.15, 0.2) is 46.2 Å². The SMILES string of the molecule is Cn1cnc2ncn(Cc3nc([C@H]4[C@@H]5CN(c6cccc(OC(F)F)c6)C[C@@H]54)no3)c(=O)c21. The lowest BCUT2D eigenvalue weighted by Gasteiger charge is -2.22. The second kappa shape index (κ2) is 7.36. The summed E-state index contributed by atoms with van der Waals surface area (Å²) < 4.78 is 37.9. The van der Waals surface area contributed by atoms with E-state index in [-0.39, 0.29) is 23.8 Å². The molecule has 0 unspecified atom stereocenters. The molecule has 1 aliphatic heterocycles. The van der Waals surface area contributed by atoms with Gasteiger partial charge in [0.2, 0.25) is 5.89 Å². The summed E-state index contributed by atoms with van der Waals surface area (Å²) in [7, 11) is 1.74. The standard InChI is InChI=1S/C21H19F2N7O3/c1-28-9-24-19-17(28)20(31)30(10-25-19)8-15-26-18(27-33-15)16-13-6-29(7-14(13)16)11-3-2-4-12(5-11)32-21(22)23/h2-5,9-10,13-14,16,21H,6-8H2,1H3/t13-,14+,16+. The first kappa shape index (κ1) is 19.8. The third kappa shape index (κ3) is 3.41. The molecule has 0 spiro atoms. The van der Waals surface area contributed by atoms with Gasteiger partial charge in [-0.15, -0.1) is 0 Å². The van der Waals surface area contributed by atoms with E-state index in [0.29, 0.717) is 34.7 Å². The van der Waals surface area contributed by atoms with Gasteiger partial charge in [0.05, 0.1) is 6.33 Å². The Hall–Kier alpha value is -3.83. The van der Waals surface area contributed by atoms with E-state index in [9.17, 15) is 13.6 Å². The van der Waals surface area contributed by atoms with E-state index >= 15 is 0 Å². The molecule has 170 valence electrons.